The van der Waals surface area contributed by atoms with Crippen LogP contribution in [0.5, 0.6) is 5.75 Å². The Morgan fingerprint density at radius 3 is 2.72 bits per heavy atom. The maximum atomic E-state index is 13.2. The topological polar surface area (TPSA) is 87.9 Å². The summed E-state index contributed by atoms with van der Waals surface area (Å²) in [6.07, 6.45) is 2.51. The summed E-state index contributed by atoms with van der Waals surface area (Å²) in [5, 5.41) is 15.1. The average molecular weight is 457 g/mol. The highest BCUT2D eigenvalue weighted by molar-refractivity contribution is 6.31. The molecular weight excluding hydrogens is 432 g/mol. The van der Waals surface area contributed by atoms with Crippen LogP contribution in [0, 0.1) is 16.0 Å². The highest BCUT2D eigenvalue weighted by Gasteiger charge is 2.43. The second-order valence-corrected chi connectivity index (χ2v) is 9.12. The Morgan fingerprint density at radius 1 is 1.19 bits per heavy atom. The van der Waals surface area contributed by atoms with Crippen LogP contribution in [0.2, 0.25) is 5.02 Å². The molecule has 2 heterocycles. The van der Waals surface area contributed by atoms with Gasteiger partial charge in [0.05, 0.1) is 29.7 Å². The van der Waals surface area contributed by atoms with Gasteiger partial charge in [0.15, 0.2) is 0 Å². The van der Waals surface area contributed by atoms with Crippen LogP contribution in [0.25, 0.3) is 0 Å². The standard InChI is InChI=1S/C23H25ClN4O4/c1-32-22-7-2-15(24)12-20(22)26-8-9-27-19-6-5-17(28(30)31)10-14(19)11-18(21(27)13-26)23(29)25-16-3-4-16/h2,5-7,10,12,16,18,21H,3-4,8-9,11,13H2,1H3,(H,25,29). The molecule has 8 nitrogen and oxygen atoms in total. The lowest BCUT2D eigenvalue weighted by Gasteiger charge is -2.49. The summed E-state index contributed by atoms with van der Waals surface area (Å²) in [4.78, 5) is 28.6. The third kappa shape index (κ3) is 3.83. The molecule has 5 rings (SSSR count). The Hall–Kier alpha value is -3.00. The normalized spacial score (nSPS) is 22.1. The van der Waals surface area contributed by atoms with Crippen molar-refractivity contribution in [2.24, 2.45) is 5.92 Å². The molecule has 168 valence electrons. The van der Waals surface area contributed by atoms with Crippen molar-refractivity contribution in [2.45, 2.75) is 31.3 Å². The number of carbonyl (C=O) groups excluding carboxylic acids is 1. The van der Waals surface area contributed by atoms with Crippen LogP contribution in [-0.4, -0.2) is 49.7 Å². The summed E-state index contributed by atoms with van der Waals surface area (Å²) < 4.78 is 5.56. The van der Waals surface area contributed by atoms with E-state index in [4.69, 9.17) is 16.3 Å². The number of piperazine rings is 1. The maximum Gasteiger partial charge on any atom is 0.269 e. The average Bonchev–Trinajstić information content (AvgIpc) is 3.61. The number of nitro benzene ring substituents is 1. The summed E-state index contributed by atoms with van der Waals surface area (Å²) in [6, 6.07) is 10.8. The zero-order valence-electron chi connectivity index (χ0n) is 17.8. The smallest absolute Gasteiger partial charge is 0.269 e. The largest absolute Gasteiger partial charge is 0.495 e. The second kappa shape index (κ2) is 8.16. The van der Waals surface area contributed by atoms with E-state index in [9.17, 15) is 14.9 Å². The summed E-state index contributed by atoms with van der Waals surface area (Å²) in [6.45, 7) is 2.05. The molecule has 0 bridgehead atoms. The Morgan fingerprint density at radius 2 is 2.00 bits per heavy atom. The SMILES string of the molecule is COc1ccc(Cl)cc1N1CCN2c3ccc([N+](=O)[O-])cc3CC(C(=O)NC3CC3)C2C1. The zero-order chi connectivity index (χ0) is 22.4. The fourth-order valence-corrected chi connectivity index (χ4v) is 5.05. The number of fused-ring (bicyclic) bond motifs is 3. The molecule has 1 N–H and O–H groups in total. The Kier molecular flexibility index (Phi) is 5.33. The number of hydrogen-bond acceptors (Lipinski definition) is 6. The Labute approximate surface area is 191 Å². The number of benzene rings is 2. The quantitative estimate of drug-likeness (QED) is 0.548. The van der Waals surface area contributed by atoms with E-state index < -0.39 is 0 Å². The number of anilines is 2. The summed E-state index contributed by atoms with van der Waals surface area (Å²) in [5.74, 6) is 0.478. The lowest BCUT2D eigenvalue weighted by molar-refractivity contribution is -0.384. The van der Waals surface area contributed by atoms with E-state index >= 15 is 0 Å². The number of nitrogens with zero attached hydrogens (tertiary/aromatic N) is 3. The summed E-state index contributed by atoms with van der Waals surface area (Å²) in [5.41, 5.74) is 2.82. The Balaban J connectivity index is 1.49. The van der Waals surface area contributed by atoms with E-state index in [-0.39, 0.29) is 34.5 Å². The molecule has 0 radical (unpaired) electrons. The van der Waals surface area contributed by atoms with Crippen molar-refractivity contribution in [1.82, 2.24) is 5.32 Å². The molecule has 2 unspecified atom stereocenters. The minimum absolute atomic E-state index is 0.0274. The lowest BCUT2D eigenvalue weighted by atomic mass is 9.83. The molecule has 32 heavy (non-hydrogen) atoms. The van der Waals surface area contributed by atoms with Crippen LogP contribution in [0.1, 0.15) is 18.4 Å². The number of amides is 1. The molecule has 1 amide bonds. The molecule has 3 aliphatic rings. The molecule has 1 saturated heterocycles. The summed E-state index contributed by atoms with van der Waals surface area (Å²) >= 11 is 6.27. The molecule has 9 heteroatoms. The second-order valence-electron chi connectivity index (χ2n) is 8.69. The number of halogens is 1. The van der Waals surface area contributed by atoms with Crippen molar-refractivity contribution in [3.63, 3.8) is 0 Å². The fraction of sp³-hybridized carbons (Fsp3) is 0.435. The number of non-ortho nitro benzene ring substituents is 1. The zero-order valence-corrected chi connectivity index (χ0v) is 18.5. The number of hydrogen-bond donors (Lipinski definition) is 1. The van der Waals surface area contributed by atoms with Gasteiger partial charge in [-0.2, -0.15) is 0 Å². The molecule has 0 spiro atoms. The van der Waals surface area contributed by atoms with Crippen molar-refractivity contribution in [3.05, 3.63) is 57.1 Å². The van der Waals surface area contributed by atoms with Gasteiger partial charge in [-0.05, 0) is 49.1 Å². The van der Waals surface area contributed by atoms with Gasteiger partial charge in [0.25, 0.3) is 5.69 Å². The van der Waals surface area contributed by atoms with Gasteiger partial charge in [0.1, 0.15) is 5.75 Å². The molecular formula is C23H25ClN4O4. The van der Waals surface area contributed by atoms with Crippen molar-refractivity contribution in [1.29, 1.82) is 0 Å². The lowest BCUT2D eigenvalue weighted by Crippen LogP contribution is -2.61. The van der Waals surface area contributed by atoms with Crippen molar-refractivity contribution in [3.8, 4) is 5.75 Å². The van der Waals surface area contributed by atoms with Crippen molar-refractivity contribution in [2.75, 3.05) is 36.5 Å². The van der Waals surface area contributed by atoms with Gasteiger partial charge in [-0.3, -0.25) is 14.9 Å². The van der Waals surface area contributed by atoms with Crippen LogP contribution < -0.4 is 19.9 Å². The van der Waals surface area contributed by atoms with Gasteiger partial charge in [-0.1, -0.05) is 11.6 Å². The van der Waals surface area contributed by atoms with E-state index in [2.05, 4.69) is 15.1 Å². The number of methoxy groups -OCH3 is 1. The number of nitrogens with one attached hydrogen (secondary N) is 1. The van der Waals surface area contributed by atoms with E-state index in [0.29, 0.717) is 24.5 Å². The number of ether oxygens (including phenoxy) is 1. The minimum atomic E-state index is -0.380. The van der Waals surface area contributed by atoms with Crippen LogP contribution in [-0.2, 0) is 11.2 Å². The number of carbonyl (C=O) groups is 1. The highest BCUT2D eigenvalue weighted by Crippen LogP contribution is 2.40. The monoisotopic (exact) mass is 456 g/mol. The third-order valence-corrected chi connectivity index (χ3v) is 6.88. The molecule has 2 atom stereocenters. The molecule has 1 aliphatic carbocycles. The first-order valence-electron chi connectivity index (χ1n) is 10.9. The van der Waals surface area contributed by atoms with Crippen molar-refractivity contribution < 1.29 is 14.5 Å². The fourth-order valence-electron chi connectivity index (χ4n) is 4.89. The Bertz CT molecular complexity index is 1070. The van der Waals surface area contributed by atoms with Gasteiger partial charge < -0.3 is 19.9 Å². The van der Waals surface area contributed by atoms with Gasteiger partial charge >= 0.3 is 0 Å². The van der Waals surface area contributed by atoms with E-state index in [1.54, 1.807) is 25.3 Å². The first kappa shape index (κ1) is 20.9. The third-order valence-electron chi connectivity index (χ3n) is 6.65. The first-order valence-corrected chi connectivity index (χ1v) is 11.2. The van der Waals surface area contributed by atoms with Crippen LogP contribution >= 0.6 is 11.6 Å². The molecule has 2 fully saturated rings. The van der Waals surface area contributed by atoms with Gasteiger partial charge in [0.2, 0.25) is 5.91 Å². The predicted molar refractivity (Wildman–Crippen MR) is 123 cm³/mol. The van der Waals surface area contributed by atoms with Gasteiger partial charge in [-0.15, -0.1) is 0 Å². The van der Waals surface area contributed by atoms with Gasteiger partial charge in [0, 0.05) is 48.5 Å². The van der Waals surface area contributed by atoms with Crippen LogP contribution in [0.3, 0.4) is 0 Å². The van der Waals surface area contributed by atoms with Crippen molar-refractivity contribution >= 4 is 34.6 Å². The molecule has 1 saturated carbocycles. The van der Waals surface area contributed by atoms with E-state index in [1.807, 2.05) is 18.2 Å². The highest BCUT2D eigenvalue weighted by atomic mass is 35.5. The molecule has 2 aromatic carbocycles. The van der Waals surface area contributed by atoms with Crippen LogP contribution in [0.15, 0.2) is 36.4 Å². The maximum absolute atomic E-state index is 13.2. The predicted octanol–water partition coefficient (Wildman–Crippen LogP) is 3.40. The van der Waals surface area contributed by atoms with Gasteiger partial charge in [-0.25, -0.2) is 0 Å². The van der Waals surface area contributed by atoms with E-state index in [1.165, 1.54) is 0 Å². The number of rotatable bonds is 5. The first-order chi connectivity index (χ1) is 15.4. The van der Waals surface area contributed by atoms with E-state index in [0.717, 1.165) is 42.1 Å². The minimum Gasteiger partial charge on any atom is -0.495 e. The molecule has 2 aromatic rings. The molecule has 2 aliphatic heterocycles. The van der Waals surface area contributed by atoms with Crippen LogP contribution in [0.4, 0.5) is 17.1 Å². The number of nitro groups is 1. The molecule has 0 aromatic heterocycles. The summed E-state index contributed by atoms with van der Waals surface area (Å²) in [7, 11) is 1.64.